The number of hydrogen-bond acceptors (Lipinski definition) is 4. The minimum atomic E-state index is -0.453. The predicted octanol–water partition coefficient (Wildman–Crippen LogP) is 1.90. The van der Waals surface area contributed by atoms with Crippen molar-refractivity contribution in [2.45, 2.75) is 45.9 Å². The molecule has 0 fully saturated rings. The van der Waals surface area contributed by atoms with Gasteiger partial charge in [0.1, 0.15) is 5.82 Å². The molecule has 5 nitrogen and oxygen atoms in total. The molecule has 1 N–H and O–H groups in total. The van der Waals surface area contributed by atoms with E-state index >= 15 is 0 Å². The molecular formula is C17H26N4O. The van der Waals surface area contributed by atoms with Gasteiger partial charge in [-0.1, -0.05) is 44.2 Å². The number of aliphatic hydroxyl groups is 1. The number of likely N-dealkylation sites (N-methyl/N-ethyl adjacent to an activating group) is 1. The third-order valence-corrected chi connectivity index (χ3v) is 3.63. The van der Waals surface area contributed by atoms with E-state index in [-0.39, 0.29) is 0 Å². The van der Waals surface area contributed by atoms with Gasteiger partial charge < -0.3 is 5.11 Å². The van der Waals surface area contributed by atoms with Crippen LogP contribution in [0.4, 0.5) is 0 Å². The zero-order chi connectivity index (χ0) is 15.9. The van der Waals surface area contributed by atoms with Crippen LogP contribution in [0.5, 0.6) is 0 Å². The number of rotatable bonds is 8. The lowest BCUT2D eigenvalue weighted by atomic mass is 10.2. The summed E-state index contributed by atoms with van der Waals surface area (Å²) in [5.74, 6) is 1.79. The minimum absolute atomic E-state index is 0.453. The Morgan fingerprint density at radius 2 is 1.91 bits per heavy atom. The number of aliphatic hydroxyl groups excluding tert-OH is 1. The molecule has 22 heavy (non-hydrogen) atoms. The molecule has 0 bridgehead atoms. The highest BCUT2D eigenvalue weighted by Gasteiger charge is 2.14. The molecule has 0 aliphatic carbocycles. The summed E-state index contributed by atoms with van der Waals surface area (Å²) in [6.45, 7) is 6.04. The first-order valence-corrected chi connectivity index (χ1v) is 7.95. The largest absolute Gasteiger partial charge is 0.390 e. The summed E-state index contributed by atoms with van der Waals surface area (Å²) in [5.41, 5.74) is 1.25. The van der Waals surface area contributed by atoms with Gasteiger partial charge in [-0.15, -0.1) is 0 Å². The minimum Gasteiger partial charge on any atom is -0.390 e. The van der Waals surface area contributed by atoms with E-state index in [9.17, 15) is 5.11 Å². The van der Waals surface area contributed by atoms with E-state index in [0.29, 0.717) is 13.1 Å². The lowest BCUT2D eigenvalue weighted by Gasteiger charge is -2.21. The molecule has 1 unspecified atom stereocenters. The summed E-state index contributed by atoms with van der Waals surface area (Å²) in [4.78, 5) is 6.60. The lowest BCUT2D eigenvalue weighted by Crippen LogP contribution is -2.32. The maximum Gasteiger partial charge on any atom is 0.150 e. The number of aryl methyl sites for hydroxylation is 2. The van der Waals surface area contributed by atoms with E-state index in [1.807, 2.05) is 36.9 Å². The quantitative estimate of drug-likeness (QED) is 0.809. The fourth-order valence-corrected chi connectivity index (χ4v) is 2.56. The van der Waals surface area contributed by atoms with E-state index in [1.165, 1.54) is 5.56 Å². The first-order valence-electron chi connectivity index (χ1n) is 7.95. The molecule has 2 aromatic rings. The van der Waals surface area contributed by atoms with Crippen LogP contribution in [-0.2, 0) is 25.9 Å². The number of aromatic nitrogens is 3. The topological polar surface area (TPSA) is 54.2 Å². The van der Waals surface area contributed by atoms with Gasteiger partial charge in [0.25, 0.3) is 0 Å². The van der Waals surface area contributed by atoms with Crippen molar-refractivity contribution in [3.8, 4) is 0 Å². The van der Waals surface area contributed by atoms with Crippen molar-refractivity contribution in [3.05, 3.63) is 47.5 Å². The summed E-state index contributed by atoms with van der Waals surface area (Å²) in [5, 5.41) is 14.8. The maximum atomic E-state index is 10.3. The third-order valence-electron chi connectivity index (χ3n) is 3.63. The van der Waals surface area contributed by atoms with Crippen LogP contribution >= 0.6 is 0 Å². The van der Waals surface area contributed by atoms with Crippen molar-refractivity contribution in [1.82, 2.24) is 19.7 Å². The van der Waals surface area contributed by atoms with Gasteiger partial charge >= 0.3 is 0 Å². The van der Waals surface area contributed by atoms with Gasteiger partial charge in [0.15, 0.2) is 5.82 Å². The Morgan fingerprint density at radius 3 is 2.55 bits per heavy atom. The second kappa shape index (κ2) is 8.06. The molecule has 0 aliphatic heterocycles. The molecule has 1 aromatic carbocycles. The van der Waals surface area contributed by atoms with Gasteiger partial charge in [-0.2, -0.15) is 5.10 Å². The van der Waals surface area contributed by atoms with Gasteiger partial charge in [-0.3, -0.25) is 4.90 Å². The smallest absolute Gasteiger partial charge is 0.150 e. The first-order chi connectivity index (χ1) is 10.6. The molecule has 0 amide bonds. The molecule has 5 heteroatoms. The van der Waals surface area contributed by atoms with E-state index < -0.39 is 6.10 Å². The van der Waals surface area contributed by atoms with Crippen molar-refractivity contribution in [2.24, 2.45) is 0 Å². The van der Waals surface area contributed by atoms with E-state index in [0.717, 1.165) is 31.0 Å². The maximum absolute atomic E-state index is 10.3. The molecule has 1 atom stereocenters. The summed E-state index contributed by atoms with van der Waals surface area (Å²) in [6, 6.07) is 10.3. The summed E-state index contributed by atoms with van der Waals surface area (Å²) in [7, 11) is 2.02. The van der Waals surface area contributed by atoms with E-state index in [2.05, 4.69) is 34.0 Å². The molecule has 0 saturated carbocycles. The second-order valence-electron chi connectivity index (χ2n) is 5.67. The van der Waals surface area contributed by atoms with E-state index in [1.54, 1.807) is 0 Å². The van der Waals surface area contributed by atoms with Crippen molar-refractivity contribution in [3.63, 3.8) is 0 Å². The summed E-state index contributed by atoms with van der Waals surface area (Å²) in [6.07, 6.45) is 1.20. The fourth-order valence-electron chi connectivity index (χ4n) is 2.56. The Kier molecular flexibility index (Phi) is 6.10. The number of nitrogens with zero attached hydrogens (tertiary/aromatic N) is 4. The molecule has 120 valence electrons. The van der Waals surface area contributed by atoms with Crippen molar-refractivity contribution < 1.29 is 5.11 Å². The lowest BCUT2D eigenvalue weighted by molar-refractivity contribution is 0.103. The summed E-state index contributed by atoms with van der Waals surface area (Å²) < 4.78 is 1.85. The first kappa shape index (κ1) is 16.6. The van der Waals surface area contributed by atoms with Crippen LogP contribution in [0.2, 0.25) is 0 Å². The fraction of sp³-hybridized carbons (Fsp3) is 0.529. The molecule has 0 saturated heterocycles. The molecule has 0 radical (unpaired) electrons. The Morgan fingerprint density at radius 1 is 1.18 bits per heavy atom. The molecule has 1 heterocycles. The van der Waals surface area contributed by atoms with Crippen LogP contribution in [0.1, 0.15) is 31.1 Å². The van der Waals surface area contributed by atoms with E-state index in [4.69, 9.17) is 0 Å². The Hall–Kier alpha value is -1.72. The van der Waals surface area contributed by atoms with Crippen molar-refractivity contribution >= 4 is 0 Å². The molecule has 0 spiro atoms. The SMILES string of the molecule is CCc1nc(CC)n(CC(O)CN(C)Cc2ccccc2)n1. The highest BCUT2D eigenvalue weighted by Crippen LogP contribution is 2.06. The van der Waals surface area contributed by atoms with Gasteiger partial charge in [0.05, 0.1) is 12.6 Å². The standard InChI is InChI=1S/C17H26N4O/c1-4-16-18-17(5-2)21(19-16)13-15(22)12-20(3)11-14-9-7-6-8-10-14/h6-10,15,22H,4-5,11-13H2,1-3H3. The average Bonchev–Trinajstić information content (AvgIpc) is 2.90. The molecule has 0 aliphatic rings. The summed E-state index contributed by atoms with van der Waals surface area (Å²) >= 11 is 0. The van der Waals surface area contributed by atoms with Gasteiger partial charge in [0, 0.05) is 25.9 Å². The highest BCUT2D eigenvalue weighted by atomic mass is 16.3. The zero-order valence-corrected chi connectivity index (χ0v) is 13.7. The second-order valence-corrected chi connectivity index (χ2v) is 5.67. The number of benzene rings is 1. The van der Waals surface area contributed by atoms with Crippen LogP contribution in [0.15, 0.2) is 30.3 Å². The highest BCUT2D eigenvalue weighted by molar-refractivity contribution is 5.14. The monoisotopic (exact) mass is 302 g/mol. The Balaban J connectivity index is 1.89. The molecule has 2 rings (SSSR count). The van der Waals surface area contributed by atoms with Crippen molar-refractivity contribution in [2.75, 3.05) is 13.6 Å². The molecular weight excluding hydrogens is 276 g/mol. The Labute approximate surface area is 132 Å². The van der Waals surface area contributed by atoms with Gasteiger partial charge in [-0.05, 0) is 12.6 Å². The predicted molar refractivity (Wildman–Crippen MR) is 87.6 cm³/mol. The number of hydrogen-bond donors (Lipinski definition) is 1. The van der Waals surface area contributed by atoms with Crippen LogP contribution in [-0.4, -0.2) is 44.5 Å². The van der Waals surface area contributed by atoms with Crippen LogP contribution in [0.25, 0.3) is 0 Å². The van der Waals surface area contributed by atoms with Crippen LogP contribution < -0.4 is 0 Å². The van der Waals surface area contributed by atoms with Crippen molar-refractivity contribution in [1.29, 1.82) is 0 Å². The molecule has 1 aromatic heterocycles. The average molecular weight is 302 g/mol. The van der Waals surface area contributed by atoms with Gasteiger partial charge in [0.2, 0.25) is 0 Å². The zero-order valence-electron chi connectivity index (χ0n) is 13.7. The Bertz CT molecular complexity index is 567. The normalized spacial score (nSPS) is 12.8. The van der Waals surface area contributed by atoms with Gasteiger partial charge in [-0.25, -0.2) is 9.67 Å². The van der Waals surface area contributed by atoms with Crippen LogP contribution in [0.3, 0.4) is 0 Å². The third kappa shape index (κ3) is 4.64. The van der Waals surface area contributed by atoms with Crippen LogP contribution in [0, 0.1) is 0 Å².